The summed E-state index contributed by atoms with van der Waals surface area (Å²) in [5.74, 6) is 1.24. The van der Waals surface area contributed by atoms with Crippen molar-refractivity contribution in [1.29, 1.82) is 0 Å². The molecule has 0 aliphatic carbocycles. The van der Waals surface area contributed by atoms with Gasteiger partial charge in [-0.15, -0.1) is 0 Å². The van der Waals surface area contributed by atoms with E-state index in [1.807, 2.05) is 18.2 Å². The Labute approximate surface area is 98.0 Å². The van der Waals surface area contributed by atoms with Crippen LogP contribution in [0.1, 0.15) is 11.9 Å². The van der Waals surface area contributed by atoms with Crippen molar-refractivity contribution in [2.24, 2.45) is 5.73 Å². The fraction of sp³-hybridized carbons (Fsp3) is 0.273. The standard InChI is InChI=1S/C11H13N3O3/c1-16-9-5-3-2-4-7(9)10-13-11(17-14-10)8(12)6-15/h2-5,8,15H,6,12H2,1H3. The third-order valence-electron chi connectivity index (χ3n) is 2.30. The molecule has 6 nitrogen and oxygen atoms in total. The molecule has 1 heterocycles. The van der Waals surface area contributed by atoms with Crippen LogP contribution in [0, 0.1) is 0 Å². The summed E-state index contributed by atoms with van der Waals surface area (Å²) in [6.07, 6.45) is 0. The summed E-state index contributed by atoms with van der Waals surface area (Å²) in [6, 6.07) is 6.66. The highest BCUT2D eigenvalue weighted by atomic mass is 16.5. The molecule has 0 aliphatic heterocycles. The van der Waals surface area contributed by atoms with Gasteiger partial charge >= 0.3 is 0 Å². The molecule has 0 radical (unpaired) electrons. The first-order chi connectivity index (χ1) is 8.26. The molecule has 3 N–H and O–H groups in total. The third-order valence-corrected chi connectivity index (χ3v) is 2.30. The number of hydrogen-bond donors (Lipinski definition) is 2. The normalized spacial score (nSPS) is 12.4. The van der Waals surface area contributed by atoms with Crippen LogP contribution < -0.4 is 10.5 Å². The molecule has 1 aromatic heterocycles. The molecule has 90 valence electrons. The van der Waals surface area contributed by atoms with E-state index in [4.69, 9.17) is 20.1 Å². The molecule has 2 rings (SSSR count). The Morgan fingerprint density at radius 2 is 2.24 bits per heavy atom. The van der Waals surface area contributed by atoms with Gasteiger partial charge in [-0.2, -0.15) is 4.98 Å². The van der Waals surface area contributed by atoms with Crippen LogP contribution in [-0.4, -0.2) is 29.0 Å². The summed E-state index contributed by atoms with van der Waals surface area (Å²) >= 11 is 0. The SMILES string of the molecule is COc1ccccc1-c1noc(C(N)CO)n1. The van der Waals surface area contributed by atoms with Gasteiger partial charge in [0.15, 0.2) is 0 Å². The molecule has 0 aliphatic rings. The Kier molecular flexibility index (Phi) is 3.36. The topological polar surface area (TPSA) is 94.4 Å². The van der Waals surface area contributed by atoms with Gasteiger partial charge in [-0.25, -0.2) is 0 Å². The van der Waals surface area contributed by atoms with E-state index in [-0.39, 0.29) is 12.5 Å². The van der Waals surface area contributed by atoms with Crippen molar-refractivity contribution in [3.8, 4) is 17.1 Å². The Hall–Kier alpha value is -1.92. The van der Waals surface area contributed by atoms with Crippen molar-refractivity contribution in [2.75, 3.05) is 13.7 Å². The van der Waals surface area contributed by atoms with Gasteiger partial charge in [-0.05, 0) is 12.1 Å². The van der Waals surface area contributed by atoms with Crippen LogP contribution in [0.4, 0.5) is 0 Å². The van der Waals surface area contributed by atoms with Gasteiger partial charge in [0, 0.05) is 0 Å². The van der Waals surface area contributed by atoms with E-state index in [2.05, 4.69) is 10.1 Å². The zero-order valence-electron chi connectivity index (χ0n) is 9.33. The van der Waals surface area contributed by atoms with E-state index < -0.39 is 6.04 Å². The zero-order valence-corrected chi connectivity index (χ0v) is 9.33. The fourth-order valence-corrected chi connectivity index (χ4v) is 1.40. The smallest absolute Gasteiger partial charge is 0.246 e. The maximum Gasteiger partial charge on any atom is 0.246 e. The van der Waals surface area contributed by atoms with Crippen LogP contribution in [0.5, 0.6) is 5.75 Å². The highest BCUT2D eigenvalue weighted by Gasteiger charge is 2.16. The molecule has 0 fully saturated rings. The summed E-state index contributed by atoms with van der Waals surface area (Å²) in [6.45, 7) is -0.243. The Balaban J connectivity index is 2.37. The predicted molar refractivity (Wildman–Crippen MR) is 60.3 cm³/mol. The van der Waals surface area contributed by atoms with Crippen molar-refractivity contribution in [1.82, 2.24) is 10.1 Å². The molecular formula is C11H13N3O3. The third kappa shape index (κ3) is 2.27. The van der Waals surface area contributed by atoms with Crippen molar-refractivity contribution < 1.29 is 14.4 Å². The van der Waals surface area contributed by atoms with Crippen molar-refractivity contribution in [3.05, 3.63) is 30.2 Å². The highest BCUT2D eigenvalue weighted by molar-refractivity contribution is 5.63. The maximum absolute atomic E-state index is 8.89. The second-order valence-corrected chi connectivity index (χ2v) is 3.45. The first-order valence-electron chi connectivity index (χ1n) is 5.09. The van der Waals surface area contributed by atoms with Gasteiger partial charge in [0.1, 0.15) is 11.8 Å². The van der Waals surface area contributed by atoms with Crippen LogP contribution in [0.2, 0.25) is 0 Å². The molecule has 1 aromatic carbocycles. The van der Waals surface area contributed by atoms with Crippen LogP contribution in [-0.2, 0) is 0 Å². The van der Waals surface area contributed by atoms with Gasteiger partial charge in [0.2, 0.25) is 11.7 Å². The zero-order chi connectivity index (χ0) is 12.3. The lowest BCUT2D eigenvalue weighted by Crippen LogP contribution is -2.14. The van der Waals surface area contributed by atoms with Crippen LogP contribution in [0.15, 0.2) is 28.8 Å². The molecule has 0 amide bonds. The lowest BCUT2D eigenvalue weighted by molar-refractivity contribution is 0.237. The predicted octanol–water partition coefficient (Wildman–Crippen LogP) is 0.737. The van der Waals surface area contributed by atoms with E-state index in [9.17, 15) is 0 Å². The van der Waals surface area contributed by atoms with E-state index in [0.717, 1.165) is 5.56 Å². The van der Waals surface area contributed by atoms with Gasteiger partial charge < -0.3 is 20.1 Å². The molecule has 0 saturated carbocycles. The number of nitrogens with zero attached hydrogens (tertiary/aromatic N) is 2. The molecule has 17 heavy (non-hydrogen) atoms. The number of methoxy groups -OCH3 is 1. The average molecular weight is 235 g/mol. The number of benzene rings is 1. The monoisotopic (exact) mass is 235 g/mol. The highest BCUT2D eigenvalue weighted by Crippen LogP contribution is 2.27. The Morgan fingerprint density at radius 1 is 1.47 bits per heavy atom. The number of rotatable bonds is 4. The Bertz CT molecular complexity index is 498. The number of para-hydroxylation sites is 1. The van der Waals surface area contributed by atoms with E-state index >= 15 is 0 Å². The first-order valence-corrected chi connectivity index (χ1v) is 5.09. The molecule has 6 heteroatoms. The quantitative estimate of drug-likeness (QED) is 0.811. The molecule has 0 bridgehead atoms. The summed E-state index contributed by atoms with van der Waals surface area (Å²) in [7, 11) is 1.57. The fourth-order valence-electron chi connectivity index (χ4n) is 1.40. The number of ether oxygens (including phenoxy) is 1. The van der Waals surface area contributed by atoms with Gasteiger partial charge in [-0.1, -0.05) is 17.3 Å². The molecule has 2 aromatic rings. The summed E-state index contributed by atoms with van der Waals surface area (Å²) in [5.41, 5.74) is 6.30. The number of hydrogen-bond acceptors (Lipinski definition) is 6. The van der Waals surface area contributed by atoms with Crippen LogP contribution >= 0.6 is 0 Å². The summed E-state index contributed by atoms with van der Waals surface area (Å²) < 4.78 is 10.2. The summed E-state index contributed by atoms with van der Waals surface area (Å²) in [4.78, 5) is 4.12. The average Bonchev–Trinajstić information content (AvgIpc) is 2.87. The minimum absolute atomic E-state index is 0.202. The number of nitrogens with two attached hydrogens (primary N) is 1. The lowest BCUT2D eigenvalue weighted by Gasteiger charge is -2.03. The van der Waals surface area contributed by atoms with E-state index in [1.54, 1.807) is 13.2 Å². The summed E-state index contributed by atoms with van der Waals surface area (Å²) in [5, 5.41) is 12.7. The van der Waals surface area contributed by atoms with Crippen molar-refractivity contribution in [3.63, 3.8) is 0 Å². The largest absolute Gasteiger partial charge is 0.496 e. The van der Waals surface area contributed by atoms with Crippen molar-refractivity contribution >= 4 is 0 Å². The molecule has 0 saturated heterocycles. The second-order valence-electron chi connectivity index (χ2n) is 3.45. The molecule has 1 atom stereocenters. The molecule has 1 unspecified atom stereocenters. The van der Waals surface area contributed by atoms with E-state index in [0.29, 0.717) is 11.6 Å². The van der Waals surface area contributed by atoms with Gasteiger partial charge in [0.05, 0.1) is 19.3 Å². The lowest BCUT2D eigenvalue weighted by atomic mass is 10.2. The number of aromatic nitrogens is 2. The second kappa shape index (κ2) is 4.94. The number of aliphatic hydroxyl groups is 1. The van der Waals surface area contributed by atoms with Crippen LogP contribution in [0.3, 0.4) is 0 Å². The van der Waals surface area contributed by atoms with Gasteiger partial charge in [-0.3, -0.25) is 0 Å². The maximum atomic E-state index is 8.89. The number of aliphatic hydroxyl groups excluding tert-OH is 1. The van der Waals surface area contributed by atoms with Crippen LogP contribution in [0.25, 0.3) is 11.4 Å². The molecular weight excluding hydrogens is 222 g/mol. The minimum atomic E-state index is -0.661. The van der Waals surface area contributed by atoms with E-state index in [1.165, 1.54) is 0 Å². The minimum Gasteiger partial charge on any atom is -0.496 e. The van der Waals surface area contributed by atoms with Crippen molar-refractivity contribution in [2.45, 2.75) is 6.04 Å². The van der Waals surface area contributed by atoms with Gasteiger partial charge in [0.25, 0.3) is 0 Å². The first kappa shape index (κ1) is 11.6. The Morgan fingerprint density at radius 3 is 2.94 bits per heavy atom. The molecule has 0 spiro atoms.